The first-order valence-corrected chi connectivity index (χ1v) is 9.45. The molecule has 28 heavy (non-hydrogen) atoms. The Morgan fingerprint density at radius 3 is 2.54 bits per heavy atom. The number of rotatable bonds is 6. The van der Waals surface area contributed by atoms with Crippen LogP contribution in [0.25, 0.3) is 11.4 Å². The minimum absolute atomic E-state index is 0.0929. The molecule has 0 saturated carbocycles. The van der Waals surface area contributed by atoms with E-state index in [1.165, 1.54) is 0 Å². The Bertz CT molecular complexity index is 1020. The number of carbonyl (C=O) groups excluding carboxylic acids is 1. The molecule has 0 bridgehead atoms. The lowest BCUT2D eigenvalue weighted by Gasteiger charge is -2.09. The number of carbonyl (C=O) groups is 1. The number of aryl methyl sites for hydroxylation is 1. The summed E-state index contributed by atoms with van der Waals surface area (Å²) in [6, 6.07) is 8.76. The van der Waals surface area contributed by atoms with Crippen molar-refractivity contribution >= 4 is 23.4 Å². The number of hydrogen-bond acceptors (Lipinski definition) is 4. The third kappa shape index (κ3) is 4.19. The van der Waals surface area contributed by atoms with Crippen molar-refractivity contribution in [1.82, 2.24) is 14.8 Å². The van der Waals surface area contributed by atoms with Gasteiger partial charge in [0.25, 0.3) is 0 Å². The molecular weight excluding hydrogens is 389 g/mol. The van der Waals surface area contributed by atoms with Crippen LogP contribution >= 0.6 is 11.8 Å². The highest BCUT2D eigenvalue weighted by Crippen LogP contribution is 2.26. The summed E-state index contributed by atoms with van der Waals surface area (Å²) in [4.78, 5) is 12.1. The molecule has 0 aliphatic rings. The number of aromatic nitrogens is 3. The van der Waals surface area contributed by atoms with Gasteiger partial charge in [0.05, 0.1) is 11.4 Å². The van der Waals surface area contributed by atoms with E-state index in [2.05, 4.69) is 15.5 Å². The number of anilines is 1. The Hall–Kier alpha value is -2.81. The highest BCUT2D eigenvalue weighted by atomic mass is 32.2. The van der Waals surface area contributed by atoms with Gasteiger partial charge < -0.3 is 9.88 Å². The van der Waals surface area contributed by atoms with Crippen LogP contribution in [0.15, 0.2) is 41.6 Å². The minimum atomic E-state index is -1.32. The van der Waals surface area contributed by atoms with Gasteiger partial charge in [0.2, 0.25) is 5.91 Å². The Labute approximate surface area is 164 Å². The van der Waals surface area contributed by atoms with Crippen LogP contribution in [-0.2, 0) is 11.3 Å². The normalized spacial score (nSPS) is 10.9. The number of nitrogens with zero attached hydrogens (tertiary/aromatic N) is 3. The van der Waals surface area contributed by atoms with Gasteiger partial charge in [-0.1, -0.05) is 36.0 Å². The van der Waals surface area contributed by atoms with E-state index in [1.54, 1.807) is 0 Å². The summed E-state index contributed by atoms with van der Waals surface area (Å²) in [7, 11) is 0. The molecule has 1 heterocycles. The van der Waals surface area contributed by atoms with Crippen LogP contribution in [0.2, 0.25) is 0 Å². The van der Waals surface area contributed by atoms with E-state index in [-0.39, 0.29) is 5.75 Å². The molecule has 0 unspecified atom stereocenters. The highest BCUT2D eigenvalue weighted by Gasteiger charge is 2.17. The maximum Gasteiger partial charge on any atom is 0.234 e. The summed E-state index contributed by atoms with van der Waals surface area (Å²) in [5.41, 5.74) is 1.58. The molecule has 0 radical (unpaired) electrons. The fourth-order valence-electron chi connectivity index (χ4n) is 2.64. The van der Waals surface area contributed by atoms with Crippen molar-refractivity contribution in [1.29, 1.82) is 0 Å². The second-order valence-corrected chi connectivity index (χ2v) is 6.89. The molecule has 1 aromatic heterocycles. The molecule has 9 heteroatoms. The monoisotopic (exact) mass is 406 g/mol. The number of thioether (sulfide) groups is 1. The number of amides is 1. The molecule has 146 valence electrons. The topological polar surface area (TPSA) is 59.8 Å². The molecule has 0 aliphatic carbocycles. The summed E-state index contributed by atoms with van der Waals surface area (Å²) in [6.45, 7) is 4.50. The quantitative estimate of drug-likeness (QED) is 0.486. The van der Waals surface area contributed by atoms with Crippen LogP contribution in [0.5, 0.6) is 0 Å². The highest BCUT2D eigenvalue weighted by molar-refractivity contribution is 7.99. The van der Waals surface area contributed by atoms with Crippen molar-refractivity contribution in [3.63, 3.8) is 0 Å². The van der Waals surface area contributed by atoms with Crippen LogP contribution in [0.3, 0.4) is 0 Å². The van der Waals surface area contributed by atoms with Crippen LogP contribution in [0.4, 0.5) is 18.9 Å². The molecule has 2 aromatic carbocycles. The van der Waals surface area contributed by atoms with Gasteiger partial charge in [-0.2, -0.15) is 0 Å². The first-order chi connectivity index (χ1) is 13.4. The summed E-state index contributed by atoms with van der Waals surface area (Å²) in [5, 5.41) is 11.1. The predicted molar refractivity (Wildman–Crippen MR) is 102 cm³/mol. The SMILES string of the molecule is CCn1c(SCC(=O)Nc2cc(F)c(F)cc2F)nnc1-c1ccccc1C. The standard InChI is InChI=1S/C19H17F3N4OS/c1-3-26-18(12-7-5-4-6-11(12)2)24-25-19(26)28-10-17(27)23-16-9-14(21)13(20)8-15(16)22/h4-9H,3,10H2,1-2H3,(H,23,27). The lowest BCUT2D eigenvalue weighted by atomic mass is 10.1. The van der Waals surface area contributed by atoms with Gasteiger partial charge in [0, 0.05) is 24.2 Å². The second-order valence-electron chi connectivity index (χ2n) is 5.95. The summed E-state index contributed by atoms with van der Waals surface area (Å²) < 4.78 is 41.7. The molecule has 3 aromatic rings. The summed E-state index contributed by atoms with van der Waals surface area (Å²) in [5.74, 6) is -3.57. The van der Waals surface area contributed by atoms with Gasteiger partial charge in [-0.3, -0.25) is 4.79 Å². The lowest BCUT2D eigenvalue weighted by molar-refractivity contribution is -0.113. The molecule has 0 aliphatic heterocycles. The van der Waals surface area contributed by atoms with Gasteiger partial charge in [0.1, 0.15) is 5.82 Å². The smallest absolute Gasteiger partial charge is 0.234 e. The lowest BCUT2D eigenvalue weighted by Crippen LogP contribution is -2.16. The Balaban J connectivity index is 1.72. The molecule has 0 saturated heterocycles. The number of halogens is 3. The molecule has 0 spiro atoms. The molecule has 1 N–H and O–H groups in total. The average molecular weight is 406 g/mol. The summed E-state index contributed by atoms with van der Waals surface area (Å²) >= 11 is 1.12. The van der Waals surface area contributed by atoms with Crippen molar-refractivity contribution in [2.45, 2.75) is 25.5 Å². The zero-order valence-electron chi connectivity index (χ0n) is 15.2. The second kappa shape index (κ2) is 8.47. The van der Waals surface area contributed by atoms with Gasteiger partial charge in [0.15, 0.2) is 22.6 Å². The van der Waals surface area contributed by atoms with Crippen molar-refractivity contribution in [3.8, 4) is 11.4 Å². The molecule has 0 atom stereocenters. The van der Waals surface area contributed by atoms with Crippen LogP contribution in [0, 0.1) is 24.4 Å². The average Bonchev–Trinajstić information content (AvgIpc) is 3.07. The van der Waals surface area contributed by atoms with Crippen LogP contribution in [-0.4, -0.2) is 26.4 Å². The van der Waals surface area contributed by atoms with E-state index < -0.39 is 29.0 Å². The largest absolute Gasteiger partial charge is 0.323 e. The maximum atomic E-state index is 13.6. The minimum Gasteiger partial charge on any atom is -0.323 e. The molecule has 0 fully saturated rings. The Morgan fingerprint density at radius 1 is 1.11 bits per heavy atom. The van der Waals surface area contributed by atoms with Gasteiger partial charge in [-0.05, 0) is 19.4 Å². The fourth-order valence-corrected chi connectivity index (χ4v) is 3.44. The predicted octanol–water partition coefficient (Wildman–Crippen LogP) is 4.42. The van der Waals surface area contributed by atoms with E-state index in [1.807, 2.05) is 42.7 Å². The number of benzene rings is 2. The summed E-state index contributed by atoms with van der Waals surface area (Å²) in [6.07, 6.45) is 0. The molecule has 1 amide bonds. The van der Waals surface area contributed by atoms with E-state index in [9.17, 15) is 18.0 Å². The van der Waals surface area contributed by atoms with E-state index >= 15 is 0 Å². The van der Waals surface area contributed by atoms with E-state index in [0.717, 1.165) is 22.9 Å². The molecular formula is C19H17F3N4OS. The maximum absolute atomic E-state index is 13.6. The van der Waals surface area contributed by atoms with E-state index in [0.29, 0.717) is 29.7 Å². The van der Waals surface area contributed by atoms with Crippen molar-refractivity contribution in [2.75, 3.05) is 11.1 Å². The molecule has 3 rings (SSSR count). The van der Waals surface area contributed by atoms with Gasteiger partial charge in [-0.25, -0.2) is 13.2 Å². The molecule has 5 nitrogen and oxygen atoms in total. The Kier molecular flexibility index (Phi) is 6.03. The van der Waals surface area contributed by atoms with Gasteiger partial charge >= 0.3 is 0 Å². The van der Waals surface area contributed by atoms with Crippen molar-refractivity contribution in [2.24, 2.45) is 0 Å². The zero-order chi connectivity index (χ0) is 20.3. The van der Waals surface area contributed by atoms with Crippen LogP contribution < -0.4 is 5.32 Å². The fraction of sp³-hybridized carbons (Fsp3) is 0.211. The van der Waals surface area contributed by atoms with Crippen molar-refractivity contribution < 1.29 is 18.0 Å². The number of hydrogen-bond donors (Lipinski definition) is 1. The third-order valence-corrected chi connectivity index (χ3v) is 5.00. The first kappa shape index (κ1) is 19.9. The van der Waals surface area contributed by atoms with Gasteiger partial charge in [-0.15, -0.1) is 10.2 Å². The number of nitrogens with one attached hydrogen (secondary N) is 1. The van der Waals surface area contributed by atoms with E-state index in [4.69, 9.17) is 0 Å². The van der Waals surface area contributed by atoms with Crippen LogP contribution in [0.1, 0.15) is 12.5 Å². The van der Waals surface area contributed by atoms with Crippen molar-refractivity contribution in [3.05, 3.63) is 59.4 Å². The Morgan fingerprint density at radius 2 is 1.82 bits per heavy atom. The third-order valence-electron chi connectivity index (χ3n) is 4.04. The first-order valence-electron chi connectivity index (χ1n) is 8.47. The zero-order valence-corrected chi connectivity index (χ0v) is 16.0.